The summed E-state index contributed by atoms with van der Waals surface area (Å²) in [5, 5.41) is 0.271. The van der Waals surface area contributed by atoms with Gasteiger partial charge in [-0.3, -0.25) is 4.79 Å². The highest BCUT2D eigenvalue weighted by Gasteiger charge is 2.15. The Kier molecular flexibility index (Phi) is 3.68. The average molecular weight is 229 g/mol. The fourth-order valence-electron chi connectivity index (χ4n) is 1.11. The van der Waals surface area contributed by atoms with Gasteiger partial charge in [-0.15, -0.1) is 0 Å². The van der Waals surface area contributed by atoms with Gasteiger partial charge in [-0.1, -0.05) is 11.6 Å². The largest absolute Gasteiger partial charge is 0.495 e. The highest BCUT2D eigenvalue weighted by Crippen LogP contribution is 2.27. The van der Waals surface area contributed by atoms with Crippen LogP contribution in [-0.2, 0) is 4.74 Å². The van der Waals surface area contributed by atoms with Gasteiger partial charge in [0, 0.05) is 5.56 Å². The maximum absolute atomic E-state index is 11.3. The maximum atomic E-state index is 11.3. The van der Waals surface area contributed by atoms with Crippen LogP contribution in [0.2, 0.25) is 5.02 Å². The van der Waals surface area contributed by atoms with Gasteiger partial charge in [-0.25, -0.2) is 4.79 Å². The third-order valence-electron chi connectivity index (χ3n) is 1.86. The van der Waals surface area contributed by atoms with Gasteiger partial charge in [0.1, 0.15) is 5.75 Å². The van der Waals surface area contributed by atoms with Crippen molar-refractivity contribution >= 4 is 23.9 Å². The van der Waals surface area contributed by atoms with Gasteiger partial charge in [0.15, 0.2) is 6.29 Å². The molecule has 80 valence electrons. The van der Waals surface area contributed by atoms with Gasteiger partial charge in [0.05, 0.1) is 24.8 Å². The first kappa shape index (κ1) is 11.5. The Labute approximate surface area is 91.7 Å². The standard InChI is InChI=1S/C10H9ClO4/c1-14-9-4-7(10(13)15-2)6(5-12)3-8(9)11/h3-5H,1-2H3. The molecule has 15 heavy (non-hydrogen) atoms. The van der Waals surface area contributed by atoms with Crippen LogP contribution in [0.5, 0.6) is 5.75 Å². The number of carbonyl (C=O) groups excluding carboxylic acids is 2. The zero-order valence-electron chi connectivity index (χ0n) is 8.24. The van der Waals surface area contributed by atoms with Gasteiger partial charge in [-0.2, -0.15) is 0 Å². The summed E-state index contributed by atoms with van der Waals surface area (Å²) in [4.78, 5) is 22.0. The molecule has 0 amide bonds. The second-order valence-corrected chi connectivity index (χ2v) is 3.09. The molecule has 1 aromatic rings. The molecule has 0 fully saturated rings. The van der Waals surface area contributed by atoms with E-state index in [0.29, 0.717) is 12.0 Å². The second-order valence-electron chi connectivity index (χ2n) is 2.68. The summed E-state index contributed by atoms with van der Waals surface area (Å²) in [7, 11) is 2.65. The monoisotopic (exact) mass is 228 g/mol. The molecule has 1 rings (SSSR count). The molecule has 0 aliphatic rings. The van der Waals surface area contributed by atoms with Crippen LogP contribution in [0.15, 0.2) is 12.1 Å². The van der Waals surface area contributed by atoms with E-state index in [1.54, 1.807) is 0 Å². The number of hydrogen-bond acceptors (Lipinski definition) is 4. The fourth-order valence-corrected chi connectivity index (χ4v) is 1.36. The van der Waals surface area contributed by atoms with E-state index in [4.69, 9.17) is 16.3 Å². The molecule has 0 unspecified atom stereocenters. The number of halogens is 1. The first-order valence-electron chi connectivity index (χ1n) is 4.05. The minimum Gasteiger partial charge on any atom is -0.495 e. The highest BCUT2D eigenvalue weighted by molar-refractivity contribution is 6.32. The van der Waals surface area contributed by atoms with Crippen LogP contribution in [0, 0.1) is 0 Å². The average Bonchev–Trinajstić information content (AvgIpc) is 2.27. The predicted molar refractivity (Wildman–Crippen MR) is 54.7 cm³/mol. The van der Waals surface area contributed by atoms with E-state index in [1.807, 2.05) is 0 Å². The van der Waals surface area contributed by atoms with Crippen molar-refractivity contribution in [2.24, 2.45) is 0 Å². The van der Waals surface area contributed by atoms with E-state index in [-0.39, 0.29) is 16.1 Å². The normalized spacial score (nSPS) is 9.53. The van der Waals surface area contributed by atoms with E-state index in [0.717, 1.165) is 0 Å². The smallest absolute Gasteiger partial charge is 0.338 e. The summed E-state index contributed by atoms with van der Waals surface area (Å²) in [5.74, 6) is -0.283. The molecule has 0 aliphatic heterocycles. The van der Waals surface area contributed by atoms with Gasteiger partial charge >= 0.3 is 5.97 Å². The van der Waals surface area contributed by atoms with Crippen molar-refractivity contribution in [3.63, 3.8) is 0 Å². The van der Waals surface area contributed by atoms with Crippen molar-refractivity contribution in [1.82, 2.24) is 0 Å². The molecule has 5 heteroatoms. The van der Waals surface area contributed by atoms with Crippen molar-refractivity contribution < 1.29 is 19.1 Å². The van der Waals surface area contributed by atoms with Crippen molar-refractivity contribution in [3.05, 3.63) is 28.3 Å². The Morgan fingerprint density at radius 1 is 1.40 bits per heavy atom. The minimum absolute atomic E-state index is 0.133. The molecular weight excluding hydrogens is 220 g/mol. The van der Waals surface area contributed by atoms with Crippen LogP contribution in [-0.4, -0.2) is 26.5 Å². The lowest BCUT2D eigenvalue weighted by Crippen LogP contribution is -2.06. The van der Waals surface area contributed by atoms with Crippen LogP contribution >= 0.6 is 11.6 Å². The van der Waals surface area contributed by atoms with Gasteiger partial charge in [0.25, 0.3) is 0 Å². The lowest BCUT2D eigenvalue weighted by molar-refractivity contribution is 0.0598. The summed E-state index contributed by atoms with van der Waals surface area (Å²) in [5.41, 5.74) is 0.307. The van der Waals surface area contributed by atoms with Crippen molar-refractivity contribution in [3.8, 4) is 5.75 Å². The molecule has 0 atom stereocenters. The highest BCUT2D eigenvalue weighted by atomic mass is 35.5. The van der Waals surface area contributed by atoms with E-state index < -0.39 is 5.97 Å². The number of rotatable bonds is 3. The van der Waals surface area contributed by atoms with Crippen molar-refractivity contribution in [1.29, 1.82) is 0 Å². The minimum atomic E-state index is -0.605. The van der Waals surface area contributed by atoms with E-state index in [1.165, 1.54) is 26.4 Å². The topological polar surface area (TPSA) is 52.6 Å². The molecule has 4 nitrogen and oxygen atoms in total. The van der Waals surface area contributed by atoms with E-state index in [2.05, 4.69) is 4.74 Å². The van der Waals surface area contributed by atoms with Crippen LogP contribution in [0.1, 0.15) is 20.7 Å². The first-order chi connectivity index (χ1) is 7.13. The van der Waals surface area contributed by atoms with Gasteiger partial charge in [0.2, 0.25) is 0 Å². The molecule has 0 aromatic heterocycles. The molecule has 0 spiro atoms. The van der Waals surface area contributed by atoms with Crippen molar-refractivity contribution in [2.75, 3.05) is 14.2 Å². The molecular formula is C10H9ClO4. The summed E-state index contributed by atoms with van der Waals surface area (Å²) >= 11 is 5.79. The van der Waals surface area contributed by atoms with E-state index >= 15 is 0 Å². The fraction of sp³-hybridized carbons (Fsp3) is 0.200. The van der Waals surface area contributed by atoms with Crippen LogP contribution in [0.4, 0.5) is 0 Å². The molecule has 0 radical (unpaired) electrons. The Morgan fingerprint density at radius 2 is 2.07 bits per heavy atom. The summed E-state index contributed by atoms with van der Waals surface area (Å²) < 4.78 is 9.45. The van der Waals surface area contributed by atoms with Crippen LogP contribution in [0.3, 0.4) is 0 Å². The Bertz CT molecular complexity index is 401. The number of benzene rings is 1. The Morgan fingerprint density at radius 3 is 2.53 bits per heavy atom. The first-order valence-corrected chi connectivity index (χ1v) is 4.42. The number of aldehydes is 1. The van der Waals surface area contributed by atoms with Crippen LogP contribution in [0.25, 0.3) is 0 Å². The molecule has 1 aromatic carbocycles. The molecule has 0 bridgehead atoms. The number of ether oxygens (including phenoxy) is 2. The molecule has 0 saturated heterocycles. The quantitative estimate of drug-likeness (QED) is 0.586. The number of carbonyl (C=O) groups is 2. The van der Waals surface area contributed by atoms with Gasteiger partial charge < -0.3 is 9.47 Å². The summed E-state index contributed by atoms with van der Waals surface area (Å²) in [6.45, 7) is 0. The molecule has 0 N–H and O–H groups in total. The second kappa shape index (κ2) is 4.79. The maximum Gasteiger partial charge on any atom is 0.338 e. The SMILES string of the molecule is COC(=O)c1cc(OC)c(Cl)cc1C=O. The third kappa shape index (κ3) is 2.27. The third-order valence-corrected chi connectivity index (χ3v) is 2.15. The molecule has 0 aliphatic carbocycles. The zero-order chi connectivity index (χ0) is 11.4. The van der Waals surface area contributed by atoms with Crippen molar-refractivity contribution in [2.45, 2.75) is 0 Å². The Balaban J connectivity index is 3.34. The Hall–Kier alpha value is -1.55. The number of esters is 1. The predicted octanol–water partition coefficient (Wildman–Crippen LogP) is 1.95. The van der Waals surface area contributed by atoms with Gasteiger partial charge in [-0.05, 0) is 12.1 Å². The summed E-state index contributed by atoms with van der Waals surface area (Å²) in [6.07, 6.45) is 0.539. The number of hydrogen-bond donors (Lipinski definition) is 0. The lowest BCUT2D eigenvalue weighted by atomic mass is 10.1. The molecule has 0 heterocycles. The summed E-state index contributed by atoms with van der Waals surface area (Å²) in [6, 6.07) is 2.73. The zero-order valence-corrected chi connectivity index (χ0v) is 9.00. The molecule has 0 saturated carbocycles. The van der Waals surface area contributed by atoms with E-state index in [9.17, 15) is 9.59 Å². The van der Waals surface area contributed by atoms with Crippen LogP contribution < -0.4 is 4.74 Å². The number of methoxy groups -OCH3 is 2. The lowest BCUT2D eigenvalue weighted by Gasteiger charge is -2.07.